The van der Waals surface area contributed by atoms with Crippen LogP contribution in [-0.4, -0.2) is 27.7 Å². The third-order valence-electron chi connectivity index (χ3n) is 8.38. The van der Waals surface area contributed by atoms with Gasteiger partial charge in [-0.3, -0.25) is 4.79 Å². The number of terminal acetylenes is 1. The second-order valence-electron chi connectivity index (χ2n) is 9.09. The zero-order chi connectivity index (χ0) is 17.3. The van der Waals surface area contributed by atoms with E-state index in [1.54, 1.807) is 0 Å². The number of fused-ring (bicyclic) bond motifs is 5. The molecule has 2 N–H and O–H groups in total. The van der Waals surface area contributed by atoms with Crippen LogP contribution >= 0.6 is 0 Å². The van der Waals surface area contributed by atoms with Crippen LogP contribution in [0.3, 0.4) is 0 Å². The average Bonchev–Trinajstić information content (AvgIpc) is 2.76. The molecule has 130 valence electrons. The number of aliphatic hydroxyl groups excluding tert-OH is 1. The normalized spacial score (nSPS) is 53.5. The van der Waals surface area contributed by atoms with Crippen LogP contribution in [-0.2, 0) is 4.79 Å². The molecule has 3 heteroatoms. The summed E-state index contributed by atoms with van der Waals surface area (Å²) in [4.78, 5) is 11.9. The van der Waals surface area contributed by atoms with Crippen LogP contribution < -0.4 is 0 Å². The first kappa shape index (κ1) is 16.4. The van der Waals surface area contributed by atoms with Crippen LogP contribution in [0.15, 0.2) is 11.6 Å². The molecule has 0 spiro atoms. The SMILES string of the molecule is C#C[C@]1(O)[C@@H](O)C[C@H]2[C@@H]3CC=C4CC(=O)CC[C@]4(C)[C@H]3CC[C@@]21C. The van der Waals surface area contributed by atoms with E-state index in [0.29, 0.717) is 36.9 Å². The van der Waals surface area contributed by atoms with Crippen molar-refractivity contribution in [2.75, 3.05) is 0 Å². The average molecular weight is 328 g/mol. The summed E-state index contributed by atoms with van der Waals surface area (Å²) < 4.78 is 0. The fraction of sp³-hybridized carbons (Fsp3) is 0.762. The van der Waals surface area contributed by atoms with Crippen LogP contribution in [0.1, 0.15) is 58.8 Å². The predicted molar refractivity (Wildman–Crippen MR) is 91.9 cm³/mol. The molecule has 7 atom stereocenters. The van der Waals surface area contributed by atoms with Gasteiger partial charge in [-0.2, -0.15) is 0 Å². The molecule has 0 aromatic rings. The molecule has 0 radical (unpaired) electrons. The largest absolute Gasteiger partial charge is 0.389 e. The molecule has 4 aliphatic rings. The van der Waals surface area contributed by atoms with E-state index < -0.39 is 17.1 Å². The van der Waals surface area contributed by atoms with E-state index in [1.807, 2.05) is 0 Å². The van der Waals surface area contributed by atoms with Gasteiger partial charge in [-0.05, 0) is 55.3 Å². The standard InChI is InChI=1S/C21H28O3/c1-4-21(24)18(23)12-17-15-6-5-13-11-14(22)7-9-19(13,2)16(15)8-10-20(17,21)3/h1,5,15-18,23-24H,6-12H2,2-3H3/t15-,16+,17+,18+,19+,20+,21+/m1/s1. The van der Waals surface area contributed by atoms with E-state index in [0.717, 1.165) is 25.7 Å². The van der Waals surface area contributed by atoms with Crippen LogP contribution in [0, 0.1) is 40.9 Å². The zero-order valence-electron chi connectivity index (χ0n) is 14.7. The van der Waals surface area contributed by atoms with E-state index in [9.17, 15) is 15.0 Å². The van der Waals surface area contributed by atoms with Gasteiger partial charge in [0.2, 0.25) is 0 Å². The van der Waals surface area contributed by atoms with Gasteiger partial charge in [-0.15, -0.1) is 6.42 Å². The van der Waals surface area contributed by atoms with Gasteiger partial charge < -0.3 is 10.2 Å². The Hall–Kier alpha value is -1.11. The summed E-state index contributed by atoms with van der Waals surface area (Å²) >= 11 is 0. The Morgan fingerprint density at radius 3 is 2.75 bits per heavy atom. The van der Waals surface area contributed by atoms with Crippen molar-refractivity contribution in [3.63, 3.8) is 0 Å². The molecule has 24 heavy (non-hydrogen) atoms. The molecule has 0 amide bonds. The van der Waals surface area contributed by atoms with Crippen LogP contribution in [0.4, 0.5) is 0 Å². The minimum Gasteiger partial charge on any atom is -0.389 e. The van der Waals surface area contributed by atoms with E-state index in [4.69, 9.17) is 6.42 Å². The minimum absolute atomic E-state index is 0.111. The molecule has 0 unspecified atom stereocenters. The molecule has 4 aliphatic carbocycles. The summed E-state index contributed by atoms with van der Waals surface area (Å²) in [5.41, 5.74) is -0.362. The quantitative estimate of drug-likeness (QED) is 0.531. The highest BCUT2D eigenvalue weighted by Crippen LogP contribution is 2.66. The van der Waals surface area contributed by atoms with E-state index in [-0.39, 0.29) is 11.3 Å². The number of carbonyl (C=O) groups is 1. The Balaban J connectivity index is 1.73. The van der Waals surface area contributed by atoms with Gasteiger partial charge in [0.05, 0.1) is 6.10 Å². The fourth-order valence-electron chi connectivity index (χ4n) is 6.76. The lowest BCUT2D eigenvalue weighted by Crippen LogP contribution is -2.55. The molecule has 0 heterocycles. The number of hydrogen-bond donors (Lipinski definition) is 2. The minimum atomic E-state index is -1.41. The van der Waals surface area contributed by atoms with Crippen molar-refractivity contribution in [3.8, 4) is 12.3 Å². The second-order valence-corrected chi connectivity index (χ2v) is 9.09. The van der Waals surface area contributed by atoms with Gasteiger partial charge >= 0.3 is 0 Å². The summed E-state index contributed by atoms with van der Waals surface area (Å²) in [6.07, 6.45) is 12.8. The van der Waals surface area contributed by atoms with Crippen molar-refractivity contribution in [3.05, 3.63) is 11.6 Å². The van der Waals surface area contributed by atoms with E-state index in [2.05, 4.69) is 25.8 Å². The zero-order valence-corrected chi connectivity index (χ0v) is 14.7. The summed E-state index contributed by atoms with van der Waals surface area (Å²) in [6.45, 7) is 4.42. The number of allylic oxidation sites excluding steroid dienone is 2. The molecular formula is C21H28O3. The van der Waals surface area contributed by atoms with Gasteiger partial charge in [0, 0.05) is 18.3 Å². The third kappa shape index (κ3) is 1.79. The lowest BCUT2D eigenvalue weighted by Gasteiger charge is -2.57. The number of aliphatic hydroxyl groups is 2. The summed E-state index contributed by atoms with van der Waals surface area (Å²) in [7, 11) is 0. The molecule has 0 aliphatic heterocycles. The molecule has 4 rings (SSSR count). The molecule has 3 nitrogen and oxygen atoms in total. The Kier molecular flexibility index (Phi) is 3.38. The number of carbonyl (C=O) groups excluding carboxylic acids is 1. The number of hydrogen-bond acceptors (Lipinski definition) is 3. The Bertz CT molecular complexity index is 658. The lowest BCUT2D eigenvalue weighted by atomic mass is 9.47. The monoisotopic (exact) mass is 328 g/mol. The van der Waals surface area contributed by atoms with E-state index >= 15 is 0 Å². The molecular weight excluding hydrogens is 300 g/mol. The maximum atomic E-state index is 11.9. The van der Waals surface area contributed by atoms with Gasteiger partial charge in [-0.25, -0.2) is 0 Å². The third-order valence-corrected chi connectivity index (χ3v) is 8.38. The predicted octanol–water partition coefficient (Wildman–Crippen LogP) is 2.85. The molecule has 0 saturated heterocycles. The van der Waals surface area contributed by atoms with Crippen molar-refractivity contribution in [2.45, 2.75) is 70.5 Å². The highest BCUT2D eigenvalue weighted by atomic mass is 16.3. The van der Waals surface area contributed by atoms with Gasteiger partial charge in [0.1, 0.15) is 5.78 Å². The maximum absolute atomic E-state index is 11.9. The topological polar surface area (TPSA) is 57.5 Å². The molecule has 0 bridgehead atoms. The van der Waals surface area contributed by atoms with Crippen molar-refractivity contribution >= 4 is 5.78 Å². The second kappa shape index (κ2) is 4.96. The Morgan fingerprint density at radius 1 is 1.29 bits per heavy atom. The first-order valence-electron chi connectivity index (χ1n) is 9.35. The van der Waals surface area contributed by atoms with Crippen molar-refractivity contribution in [1.29, 1.82) is 0 Å². The summed E-state index contributed by atoms with van der Waals surface area (Å²) in [6, 6.07) is 0. The Labute approximate surface area is 144 Å². The lowest BCUT2D eigenvalue weighted by molar-refractivity contribution is -0.126. The number of rotatable bonds is 0. The van der Waals surface area contributed by atoms with Gasteiger partial charge in [-0.1, -0.05) is 31.4 Å². The highest BCUT2D eigenvalue weighted by molar-refractivity contribution is 5.82. The Morgan fingerprint density at radius 2 is 2.04 bits per heavy atom. The number of ketones is 1. The van der Waals surface area contributed by atoms with Crippen LogP contribution in [0.5, 0.6) is 0 Å². The first-order chi connectivity index (χ1) is 11.3. The summed E-state index contributed by atoms with van der Waals surface area (Å²) in [5, 5.41) is 21.5. The molecule has 0 aromatic carbocycles. The first-order valence-corrected chi connectivity index (χ1v) is 9.35. The van der Waals surface area contributed by atoms with Crippen molar-refractivity contribution in [2.24, 2.45) is 28.6 Å². The maximum Gasteiger partial charge on any atom is 0.156 e. The number of Topliss-reactive ketones (excluding diaryl/α,β-unsaturated/α-hetero) is 1. The van der Waals surface area contributed by atoms with E-state index in [1.165, 1.54) is 5.57 Å². The van der Waals surface area contributed by atoms with Crippen molar-refractivity contribution < 1.29 is 15.0 Å². The van der Waals surface area contributed by atoms with Gasteiger partial charge in [0.25, 0.3) is 0 Å². The molecule has 3 fully saturated rings. The van der Waals surface area contributed by atoms with Gasteiger partial charge in [0.15, 0.2) is 5.60 Å². The fourth-order valence-corrected chi connectivity index (χ4v) is 6.76. The van der Waals surface area contributed by atoms with Crippen LogP contribution in [0.2, 0.25) is 0 Å². The molecule has 0 aromatic heterocycles. The van der Waals surface area contributed by atoms with Crippen LogP contribution in [0.25, 0.3) is 0 Å². The highest BCUT2D eigenvalue weighted by Gasteiger charge is 2.66. The summed E-state index contributed by atoms with van der Waals surface area (Å²) in [5.74, 6) is 4.15. The molecule has 3 saturated carbocycles. The van der Waals surface area contributed by atoms with Crippen molar-refractivity contribution in [1.82, 2.24) is 0 Å². The smallest absolute Gasteiger partial charge is 0.156 e.